The molecule has 2 N–H and O–H groups in total. The Labute approximate surface area is 118 Å². The standard InChI is InChI=1S/C14H23BrN2O/c1-5-10(9-16-2)14(17-3)12-8-11(15)6-7-13(12)18-4/h6-8,10,14,16-17H,5,9H2,1-4H3. The first-order valence-electron chi connectivity index (χ1n) is 6.33. The molecule has 0 fully saturated rings. The third-order valence-electron chi connectivity index (χ3n) is 3.30. The molecule has 1 aromatic rings. The zero-order valence-corrected chi connectivity index (χ0v) is 13.2. The lowest BCUT2D eigenvalue weighted by Gasteiger charge is -2.27. The highest BCUT2D eigenvalue weighted by Gasteiger charge is 2.22. The molecule has 1 rings (SSSR count). The fraction of sp³-hybridized carbons (Fsp3) is 0.571. The second-order valence-corrected chi connectivity index (χ2v) is 5.29. The average molecular weight is 315 g/mol. The number of hydrogen-bond acceptors (Lipinski definition) is 3. The number of hydrogen-bond donors (Lipinski definition) is 2. The van der Waals surface area contributed by atoms with Gasteiger partial charge in [-0.2, -0.15) is 0 Å². The lowest BCUT2D eigenvalue weighted by molar-refractivity contribution is 0.340. The maximum atomic E-state index is 5.47. The summed E-state index contributed by atoms with van der Waals surface area (Å²) in [5.41, 5.74) is 1.21. The van der Waals surface area contributed by atoms with E-state index >= 15 is 0 Å². The van der Waals surface area contributed by atoms with Crippen molar-refractivity contribution in [3.8, 4) is 5.75 Å². The highest BCUT2D eigenvalue weighted by molar-refractivity contribution is 9.10. The summed E-state index contributed by atoms with van der Waals surface area (Å²) < 4.78 is 6.56. The van der Waals surface area contributed by atoms with Gasteiger partial charge >= 0.3 is 0 Å². The minimum atomic E-state index is 0.287. The molecule has 0 aliphatic heterocycles. The van der Waals surface area contributed by atoms with Crippen molar-refractivity contribution in [1.29, 1.82) is 0 Å². The Hall–Kier alpha value is -0.580. The zero-order chi connectivity index (χ0) is 13.5. The van der Waals surface area contributed by atoms with Crippen LogP contribution in [-0.4, -0.2) is 27.7 Å². The second kappa shape index (κ2) is 7.77. The molecule has 2 atom stereocenters. The molecular weight excluding hydrogens is 292 g/mol. The number of nitrogens with one attached hydrogen (secondary N) is 2. The molecule has 3 nitrogen and oxygen atoms in total. The Morgan fingerprint density at radius 3 is 2.56 bits per heavy atom. The van der Waals surface area contributed by atoms with Gasteiger partial charge in [0.2, 0.25) is 0 Å². The first-order valence-corrected chi connectivity index (χ1v) is 7.12. The van der Waals surface area contributed by atoms with Gasteiger partial charge in [-0.25, -0.2) is 0 Å². The van der Waals surface area contributed by atoms with Crippen molar-refractivity contribution in [2.24, 2.45) is 5.92 Å². The van der Waals surface area contributed by atoms with Gasteiger partial charge in [-0.15, -0.1) is 0 Å². The molecule has 0 aliphatic carbocycles. The summed E-state index contributed by atoms with van der Waals surface area (Å²) >= 11 is 3.53. The van der Waals surface area contributed by atoms with Gasteiger partial charge in [0.25, 0.3) is 0 Å². The quantitative estimate of drug-likeness (QED) is 0.812. The van der Waals surface area contributed by atoms with Crippen molar-refractivity contribution in [2.45, 2.75) is 19.4 Å². The molecule has 102 valence electrons. The third kappa shape index (κ3) is 3.70. The van der Waals surface area contributed by atoms with E-state index in [1.807, 2.05) is 26.2 Å². The number of halogens is 1. The minimum absolute atomic E-state index is 0.287. The first-order chi connectivity index (χ1) is 8.67. The summed E-state index contributed by atoms with van der Waals surface area (Å²) in [5.74, 6) is 1.47. The minimum Gasteiger partial charge on any atom is -0.496 e. The molecule has 1 aromatic carbocycles. The Kier molecular flexibility index (Phi) is 6.68. The van der Waals surface area contributed by atoms with Gasteiger partial charge in [-0.3, -0.25) is 0 Å². The summed E-state index contributed by atoms with van der Waals surface area (Å²) in [4.78, 5) is 0. The van der Waals surface area contributed by atoms with Crippen LogP contribution in [-0.2, 0) is 0 Å². The average Bonchev–Trinajstić information content (AvgIpc) is 2.39. The Morgan fingerprint density at radius 1 is 1.33 bits per heavy atom. The maximum absolute atomic E-state index is 5.47. The van der Waals surface area contributed by atoms with E-state index in [0.29, 0.717) is 5.92 Å². The highest BCUT2D eigenvalue weighted by Crippen LogP contribution is 2.33. The van der Waals surface area contributed by atoms with Crippen molar-refractivity contribution in [3.63, 3.8) is 0 Å². The van der Waals surface area contributed by atoms with E-state index in [1.54, 1.807) is 7.11 Å². The van der Waals surface area contributed by atoms with Crippen molar-refractivity contribution >= 4 is 15.9 Å². The van der Waals surface area contributed by atoms with Crippen molar-refractivity contribution in [3.05, 3.63) is 28.2 Å². The van der Waals surface area contributed by atoms with E-state index in [9.17, 15) is 0 Å². The molecular formula is C14H23BrN2O. The van der Waals surface area contributed by atoms with Crippen molar-refractivity contribution in [1.82, 2.24) is 10.6 Å². The molecule has 4 heteroatoms. The summed E-state index contributed by atoms with van der Waals surface area (Å²) in [5, 5.41) is 6.68. The normalized spacial score (nSPS) is 14.3. The van der Waals surface area contributed by atoms with Crippen LogP contribution >= 0.6 is 15.9 Å². The smallest absolute Gasteiger partial charge is 0.123 e. The van der Waals surface area contributed by atoms with Crippen LogP contribution in [0.15, 0.2) is 22.7 Å². The SMILES string of the molecule is CCC(CNC)C(NC)c1cc(Br)ccc1OC. The highest BCUT2D eigenvalue weighted by atomic mass is 79.9. The molecule has 0 saturated heterocycles. The largest absolute Gasteiger partial charge is 0.496 e. The van der Waals surface area contributed by atoms with E-state index in [0.717, 1.165) is 23.2 Å². The Bertz CT molecular complexity index is 371. The number of ether oxygens (including phenoxy) is 1. The number of methoxy groups -OCH3 is 1. The molecule has 2 unspecified atom stereocenters. The van der Waals surface area contributed by atoms with Crippen LogP contribution < -0.4 is 15.4 Å². The van der Waals surface area contributed by atoms with Gasteiger partial charge in [0.05, 0.1) is 7.11 Å². The van der Waals surface area contributed by atoms with Crippen LogP contribution in [0, 0.1) is 5.92 Å². The van der Waals surface area contributed by atoms with Gasteiger partial charge in [0, 0.05) is 16.1 Å². The molecule has 0 bridgehead atoms. The first kappa shape index (κ1) is 15.5. The van der Waals surface area contributed by atoms with Crippen LogP contribution in [0.2, 0.25) is 0 Å². The molecule has 0 aromatic heterocycles. The van der Waals surface area contributed by atoms with Crippen molar-refractivity contribution in [2.75, 3.05) is 27.7 Å². The van der Waals surface area contributed by atoms with Crippen LogP contribution in [0.4, 0.5) is 0 Å². The summed E-state index contributed by atoms with van der Waals surface area (Å²) in [6.45, 7) is 3.20. The van der Waals surface area contributed by atoms with Crippen LogP contribution in [0.5, 0.6) is 5.75 Å². The Balaban J connectivity index is 3.09. The molecule has 0 saturated carbocycles. The van der Waals surface area contributed by atoms with Crippen LogP contribution in [0.3, 0.4) is 0 Å². The number of rotatable bonds is 7. The van der Waals surface area contributed by atoms with Gasteiger partial charge in [0.15, 0.2) is 0 Å². The molecule has 0 amide bonds. The van der Waals surface area contributed by atoms with Gasteiger partial charge in [-0.1, -0.05) is 29.3 Å². The molecule has 0 heterocycles. The zero-order valence-electron chi connectivity index (χ0n) is 11.6. The van der Waals surface area contributed by atoms with Gasteiger partial charge in [0.1, 0.15) is 5.75 Å². The summed E-state index contributed by atoms with van der Waals surface area (Å²) in [6.07, 6.45) is 1.11. The molecule has 0 spiro atoms. The van der Waals surface area contributed by atoms with E-state index < -0.39 is 0 Å². The fourth-order valence-electron chi connectivity index (χ4n) is 2.35. The van der Waals surface area contributed by atoms with E-state index in [4.69, 9.17) is 4.74 Å². The summed E-state index contributed by atoms with van der Waals surface area (Å²) in [7, 11) is 5.72. The topological polar surface area (TPSA) is 33.3 Å². The predicted octanol–water partition coefficient (Wildman–Crippen LogP) is 2.96. The summed E-state index contributed by atoms with van der Waals surface area (Å²) in [6, 6.07) is 6.44. The van der Waals surface area contributed by atoms with Gasteiger partial charge < -0.3 is 15.4 Å². The lowest BCUT2D eigenvalue weighted by Crippen LogP contribution is -2.31. The van der Waals surface area contributed by atoms with E-state index in [-0.39, 0.29) is 6.04 Å². The lowest BCUT2D eigenvalue weighted by atomic mass is 9.90. The monoisotopic (exact) mass is 314 g/mol. The van der Waals surface area contributed by atoms with Crippen LogP contribution in [0.1, 0.15) is 24.9 Å². The molecule has 0 radical (unpaired) electrons. The molecule has 0 aliphatic rings. The van der Waals surface area contributed by atoms with E-state index in [1.165, 1.54) is 5.56 Å². The third-order valence-corrected chi connectivity index (χ3v) is 3.79. The van der Waals surface area contributed by atoms with Gasteiger partial charge in [-0.05, 0) is 44.8 Å². The molecule has 18 heavy (non-hydrogen) atoms. The van der Waals surface area contributed by atoms with E-state index in [2.05, 4.69) is 39.6 Å². The van der Waals surface area contributed by atoms with Crippen molar-refractivity contribution < 1.29 is 4.74 Å². The maximum Gasteiger partial charge on any atom is 0.123 e. The number of benzene rings is 1. The second-order valence-electron chi connectivity index (χ2n) is 4.38. The predicted molar refractivity (Wildman–Crippen MR) is 80.2 cm³/mol. The van der Waals surface area contributed by atoms with Crippen LogP contribution in [0.25, 0.3) is 0 Å². The fourth-order valence-corrected chi connectivity index (χ4v) is 2.73. The Morgan fingerprint density at radius 2 is 2.06 bits per heavy atom.